The average Bonchev–Trinajstić information content (AvgIpc) is 3.17. The lowest BCUT2D eigenvalue weighted by Crippen LogP contribution is -2.47. The SMILES string of the molecule is COC[C@H]1CCCN1C[C@@H]1OC[C@H](NS(=O)(=O)c2cccc(F)c2)[C@H]1O. The molecule has 0 aliphatic carbocycles. The molecule has 7 nitrogen and oxygen atoms in total. The summed E-state index contributed by atoms with van der Waals surface area (Å²) in [5, 5.41) is 10.5. The molecule has 2 aliphatic heterocycles. The van der Waals surface area contributed by atoms with Crippen LogP contribution in [0.15, 0.2) is 29.2 Å². The first-order chi connectivity index (χ1) is 12.4. The van der Waals surface area contributed by atoms with Crippen LogP contribution in [0, 0.1) is 5.82 Å². The summed E-state index contributed by atoms with van der Waals surface area (Å²) in [7, 11) is -2.27. The van der Waals surface area contributed by atoms with Gasteiger partial charge in [-0.05, 0) is 37.6 Å². The van der Waals surface area contributed by atoms with Crippen LogP contribution in [0.4, 0.5) is 4.39 Å². The minimum Gasteiger partial charge on any atom is -0.389 e. The lowest BCUT2D eigenvalue weighted by Gasteiger charge is -2.28. The fourth-order valence-corrected chi connectivity index (χ4v) is 4.86. The fourth-order valence-electron chi connectivity index (χ4n) is 3.60. The first-order valence-corrected chi connectivity index (χ1v) is 10.2. The molecule has 0 unspecified atom stereocenters. The van der Waals surface area contributed by atoms with E-state index in [1.807, 2.05) is 0 Å². The van der Waals surface area contributed by atoms with E-state index in [1.165, 1.54) is 18.2 Å². The minimum absolute atomic E-state index is 0.0726. The Morgan fingerprint density at radius 3 is 3.00 bits per heavy atom. The second kappa shape index (κ2) is 8.28. The summed E-state index contributed by atoms with van der Waals surface area (Å²) in [6.45, 7) is 2.12. The number of nitrogens with zero attached hydrogens (tertiary/aromatic N) is 1. The van der Waals surface area contributed by atoms with Crippen molar-refractivity contribution in [3.05, 3.63) is 30.1 Å². The zero-order valence-electron chi connectivity index (χ0n) is 14.7. The summed E-state index contributed by atoms with van der Waals surface area (Å²) in [4.78, 5) is 2.04. The summed E-state index contributed by atoms with van der Waals surface area (Å²) < 4.78 is 51.4. The molecule has 1 aromatic carbocycles. The number of aliphatic hydroxyl groups is 1. The van der Waals surface area contributed by atoms with Crippen LogP contribution in [-0.4, -0.2) is 76.1 Å². The van der Waals surface area contributed by atoms with Crippen LogP contribution in [0.2, 0.25) is 0 Å². The van der Waals surface area contributed by atoms with E-state index in [4.69, 9.17) is 9.47 Å². The minimum atomic E-state index is -3.93. The largest absolute Gasteiger partial charge is 0.389 e. The Kier molecular flexibility index (Phi) is 6.26. The molecule has 9 heteroatoms. The summed E-state index contributed by atoms with van der Waals surface area (Å²) in [5.74, 6) is -0.632. The quantitative estimate of drug-likeness (QED) is 0.701. The number of halogens is 1. The maximum atomic E-state index is 13.3. The van der Waals surface area contributed by atoms with Crippen molar-refractivity contribution in [2.75, 3.05) is 33.4 Å². The number of sulfonamides is 1. The highest BCUT2D eigenvalue weighted by atomic mass is 32.2. The van der Waals surface area contributed by atoms with Gasteiger partial charge in [0.1, 0.15) is 5.82 Å². The Balaban J connectivity index is 1.61. The normalized spacial score (nSPS) is 30.1. The second-order valence-corrected chi connectivity index (χ2v) is 8.51. The molecule has 0 aromatic heterocycles. The van der Waals surface area contributed by atoms with Gasteiger partial charge in [0.2, 0.25) is 10.0 Å². The van der Waals surface area contributed by atoms with E-state index in [2.05, 4.69) is 9.62 Å². The highest BCUT2D eigenvalue weighted by molar-refractivity contribution is 7.89. The molecule has 3 rings (SSSR count). The van der Waals surface area contributed by atoms with Gasteiger partial charge >= 0.3 is 0 Å². The third-order valence-electron chi connectivity index (χ3n) is 4.97. The van der Waals surface area contributed by atoms with Gasteiger partial charge in [-0.2, -0.15) is 0 Å². The van der Waals surface area contributed by atoms with Gasteiger partial charge < -0.3 is 14.6 Å². The van der Waals surface area contributed by atoms with E-state index in [0.29, 0.717) is 19.2 Å². The molecule has 0 radical (unpaired) electrons. The van der Waals surface area contributed by atoms with Crippen molar-refractivity contribution in [2.45, 2.75) is 42.0 Å². The Bertz CT molecular complexity index is 717. The number of hydrogen-bond acceptors (Lipinski definition) is 6. The Hall–Kier alpha value is -1.10. The molecular weight excluding hydrogens is 363 g/mol. The molecule has 2 N–H and O–H groups in total. The molecule has 146 valence electrons. The van der Waals surface area contributed by atoms with Crippen molar-refractivity contribution in [1.29, 1.82) is 0 Å². The van der Waals surface area contributed by atoms with Gasteiger partial charge in [-0.1, -0.05) is 6.07 Å². The third kappa shape index (κ3) is 4.41. The highest BCUT2D eigenvalue weighted by Gasteiger charge is 2.40. The van der Waals surface area contributed by atoms with Crippen molar-refractivity contribution in [3.8, 4) is 0 Å². The fraction of sp³-hybridized carbons (Fsp3) is 0.647. The van der Waals surface area contributed by atoms with Crippen molar-refractivity contribution in [1.82, 2.24) is 9.62 Å². The maximum Gasteiger partial charge on any atom is 0.241 e. The number of methoxy groups -OCH3 is 1. The monoisotopic (exact) mass is 388 g/mol. The standard InChI is InChI=1S/C17H25FN2O5S/c1-24-10-13-5-3-7-20(13)9-16-17(21)15(11-25-16)19-26(22,23)14-6-2-4-12(18)8-14/h2,4,6,8,13,15-17,19,21H,3,5,7,9-11H2,1H3/t13-,15+,16+,17-/m1/s1. The molecule has 0 spiro atoms. The first kappa shape index (κ1) is 19.7. The smallest absolute Gasteiger partial charge is 0.241 e. The Morgan fingerprint density at radius 2 is 2.27 bits per heavy atom. The molecule has 2 aliphatic rings. The van der Waals surface area contributed by atoms with Crippen LogP contribution in [0.25, 0.3) is 0 Å². The predicted molar refractivity (Wildman–Crippen MR) is 92.7 cm³/mol. The lowest BCUT2D eigenvalue weighted by atomic mass is 10.1. The van der Waals surface area contributed by atoms with Crippen molar-refractivity contribution in [2.24, 2.45) is 0 Å². The number of ether oxygens (including phenoxy) is 2. The molecule has 26 heavy (non-hydrogen) atoms. The lowest BCUT2D eigenvalue weighted by molar-refractivity contribution is 0.00485. The predicted octanol–water partition coefficient (Wildman–Crippen LogP) is 0.343. The number of benzene rings is 1. The van der Waals surface area contributed by atoms with Crippen molar-refractivity contribution in [3.63, 3.8) is 0 Å². The molecule has 0 saturated carbocycles. The van der Waals surface area contributed by atoms with Gasteiger partial charge in [-0.3, -0.25) is 4.90 Å². The number of rotatable bonds is 7. The number of likely N-dealkylation sites (tertiary alicyclic amines) is 1. The van der Waals surface area contributed by atoms with Crippen LogP contribution in [0.5, 0.6) is 0 Å². The van der Waals surface area contributed by atoms with Gasteiger partial charge in [0.05, 0.1) is 36.4 Å². The van der Waals surface area contributed by atoms with Gasteiger partial charge in [0, 0.05) is 19.7 Å². The van der Waals surface area contributed by atoms with Crippen molar-refractivity contribution < 1.29 is 27.4 Å². The summed E-state index contributed by atoms with van der Waals surface area (Å²) in [6.07, 6.45) is 0.647. The molecule has 0 bridgehead atoms. The Labute approximate surface area is 153 Å². The van der Waals surface area contributed by atoms with Crippen LogP contribution >= 0.6 is 0 Å². The molecule has 0 amide bonds. The Morgan fingerprint density at radius 1 is 1.46 bits per heavy atom. The zero-order chi connectivity index (χ0) is 18.7. The van der Waals surface area contributed by atoms with Crippen LogP contribution in [-0.2, 0) is 19.5 Å². The molecule has 2 heterocycles. The van der Waals surface area contributed by atoms with Crippen LogP contribution < -0.4 is 4.72 Å². The first-order valence-electron chi connectivity index (χ1n) is 8.71. The molecule has 4 atom stereocenters. The molecule has 2 fully saturated rings. The summed E-state index contributed by atoms with van der Waals surface area (Å²) in [6, 6.07) is 4.29. The van der Waals surface area contributed by atoms with E-state index < -0.39 is 34.1 Å². The molecule has 2 saturated heterocycles. The summed E-state index contributed by atoms with van der Waals surface area (Å²) in [5.41, 5.74) is 0. The van der Waals surface area contributed by atoms with Gasteiger partial charge in [0.25, 0.3) is 0 Å². The van der Waals surface area contributed by atoms with Gasteiger partial charge in [-0.25, -0.2) is 17.5 Å². The van der Waals surface area contributed by atoms with E-state index in [1.54, 1.807) is 7.11 Å². The highest BCUT2D eigenvalue weighted by Crippen LogP contribution is 2.23. The van der Waals surface area contributed by atoms with E-state index in [-0.39, 0.29) is 11.5 Å². The average molecular weight is 388 g/mol. The maximum absolute atomic E-state index is 13.3. The van der Waals surface area contributed by atoms with Crippen LogP contribution in [0.3, 0.4) is 0 Å². The molecular formula is C17H25FN2O5S. The van der Waals surface area contributed by atoms with Gasteiger partial charge in [0.15, 0.2) is 0 Å². The zero-order valence-corrected chi connectivity index (χ0v) is 15.5. The van der Waals surface area contributed by atoms with E-state index in [9.17, 15) is 17.9 Å². The number of hydrogen-bond donors (Lipinski definition) is 2. The molecule has 1 aromatic rings. The second-order valence-electron chi connectivity index (χ2n) is 6.79. The van der Waals surface area contributed by atoms with Crippen LogP contribution in [0.1, 0.15) is 12.8 Å². The topological polar surface area (TPSA) is 88.1 Å². The number of aliphatic hydroxyl groups excluding tert-OH is 1. The number of nitrogens with one attached hydrogen (secondary N) is 1. The summed E-state index contributed by atoms with van der Waals surface area (Å²) >= 11 is 0. The van der Waals surface area contributed by atoms with E-state index in [0.717, 1.165) is 25.5 Å². The third-order valence-corrected chi connectivity index (χ3v) is 6.46. The van der Waals surface area contributed by atoms with E-state index >= 15 is 0 Å². The van der Waals surface area contributed by atoms with Crippen molar-refractivity contribution >= 4 is 10.0 Å². The van der Waals surface area contributed by atoms with Gasteiger partial charge in [-0.15, -0.1) is 0 Å².